The van der Waals surface area contributed by atoms with Crippen LogP contribution in [0.3, 0.4) is 0 Å². The minimum Gasteiger partial charge on any atom is -0.481 e. The van der Waals surface area contributed by atoms with Crippen LogP contribution >= 0.6 is 34.8 Å². The third-order valence-electron chi connectivity index (χ3n) is 2.40. The monoisotopic (exact) mass is 426 g/mol. The average Bonchev–Trinajstić information content (AvgIpc) is 2.44. The molecule has 0 amide bonds. The maximum absolute atomic E-state index is 12.1. The highest BCUT2D eigenvalue weighted by molar-refractivity contribution is 6.32. The molecule has 0 radical (unpaired) electrons. The molecule has 0 aliphatic rings. The van der Waals surface area contributed by atoms with Gasteiger partial charge >= 0.3 is 12.4 Å². The fourth-order valence-electron chi connectivity index (χ4n) is 1.37. The topological polar surface area (TPSA) is 35.0 Å². The van der Waals surface area contributed by atoms with E-state index in [9.17, 15) is 26.3 Å². The number of methoxy groups -OCH3 is 1. The molecule has 0 fully saturated rings. The number of aromatic nitrogens is 2. The fourth-order valence-corrected chi connectivity index (χ4v) is 2.03. The highest BCUT2D eigenvalue weighted by atomic mass is 35.5. The van der Waals surface area contributed by atoms with Gasteiger partial charge in [0.2, 0.25) is 5.88 Å². The molecule has 2 heterocycles. The number of halogens is 9. The largest absolute Gasteiger partial charge is 0.481 e. The summed E-state index contributed by atoms with van der Waals surface area (Å²) in [4.78, 5) is 6.89. The predicted molar refractivity (Wildman–Crippen MR) is 80.1 cm³/mol. The lowest BCUT2D eigenvalue weighted by Crippen LogP contribution is -2.05. The lowest BCUT2D eigenvalue weighted by molar-refractivity contribution is -0.138. The van der Waals surface area contributed by atoms with Gasteiger partial charge in [-0.2, -0.15) is 26.3 Å². The summed E-state index contributed by atoms with van der Waals surface area (Å²) in [7, 11) is 1.22. The number of hydrogen-bond acceptors (Lipinski definition) is 3. The number of rotatable bonds is 1. The summed E-state index contributed by atoms with van der Waals surface area (Å²) < 4.78 is 77.0. The highest BCUT2D eigenvalue weighted by Crippen LogP contribution is 2.32. The van der Waals surface area contributed by atoms with Crippen molar-refractivity contribution < 1.29 is 31.1 Å². The molecule has 2 aromatic rings. The zero-order chi connectivity index (χ0) is 19.4. The Bertz CT molecular complexity index is 716. The molecule has 2 rings (SSSR count). The smallest absolute Gasteiger partial charge is 0.416 e. The van der Waals surface area contributed by atoms with Gasteiger partial charge in [0.25, 0.3) is 0 Å². The van der Waals surface area contributed by atoms with E-state index in [1.165, 1.54) is 7.11 Å². The van der Waals surface area contributed by atoms with E-state index in [0.717, 1.165) is 12.1 Å². The van der Waals surface area contributed by atoms with Crippen molar-refractivity contribution in [3.05, 3.63) is 50.9 Å². The molecular formula is C13H7Cl3F6N2O. The summed E-state index contributed by atoms with van der Waals surface area (Å²) in [5.74, 6) is -0.153. The van der Waals surface area contributed by atoms with E-state index in [-0.39, 0.29) is 21.3 Å². The number of hydrogen-bond donors (Lipinski definition) is 0. The lowest BCUT2D eigenvalue weighted by Gasteiger charge is -2.07. The van der Waals surface area contributed by atoms with Gasteiger partial charge < -0.3 is 4.74 Å². The standard InChI is InChI=1S/C7H5ClF3NO.C6H2Cl2F3N/c1-13-6-3-4(7(9,10)11)2-5(8)12-6;7-4-1-3(6(9,10)11)2-5(8)12-4/h2-3H,1H3;1-2H. The van der Waals surface area contributed by atoms with E-state index < -0.39 is 23.5 Å². The van der Waals surface area contributed by atoms with E-state index in [1.54, 1.807) is 0 Å². The first-order valence-electron chi connectivity index (χ1n) is 6.02. The van der Waals surface area contributed by atoms with Crippen molar-refractivity contribution in [1.82, 2.24) is 9.97 Å². The Hall–Kier alpha value is -1.45. The van der Waals surface area contributed by atoms with Gasteiger partial charge in [-0.3, -0.25) is 0 Å². The molecule has 0 spiro atoms. The Kier molecular flexibility index (Phi) is 7.16. The molecule has 0 saturated heterocycles. The van der Waals surface area contributed by atoms with E-state index in [2.05, 4.69) is 14.7 Å². The summed E-state index contributed by atoms with van der Waals surface area (Å²) in [6.07, 6.45) is -8.87. The van der Waals surface area contributed by atoms with Crippen LogP contribution < -0.4 is 4.74 Å². The summed E-state index contributed by atoms with van der Waals surface area (Å²) in [5.41, 5.74) is -1.77. The van der Waals surface area contributed by atoms with Crippen molar-refractivity contribution in [3.8, 4) is 5.88 Å². The summed E-state index contributed by atoms with van der Waals surface area (Å²) in [5, 5.41) is -0.781. The first kappa shape index (κ1) is 21.6. The number of nitrogens with zero attached hydrogens (tertiary/aromatic N) is 2. The second-order valence-electron chi connectivity index (χ2n) is 4.22. The van der Waals surface area contributed by atoms with Gasteiger partial charge in [-0.15, -0.1) is 0 Å². The minimum atomic E-state index is -4.43. The number of pyridine rings is 2. The molecule has 0 unspecified atom stereocenters. The maximum Gasteiger partial charge on any atom is 0.416 e. The molecule has 25 heavy (non-hydrogen) atoms. The van der Waals surface area contributed by atoms with E-state index in [4.69, 9.17) is 34.8 Å². The SMILES string of the molecule is COc1cc(C(F)(F)F)cc(Cl)n1.FC(F)(F)c1cc(Cl)nc(Cl)c1. The van der Waals surface area contributed by atoms with Crippen molar-refractivity contribution in [3.63, 3.8) is 0 Å². The molecular weight excluding hydrogens is 421 g/mol. The lowest BCUT2D eigenvalue weighted by atomic mass is 10.2. The van der Waals surface area contributed by atoms with Gasteiger partial charge in [-0.05, 0) is 18.2 Å². The van der Waals surface area contributed by atoms with Crippen LogP contribution in [0.4, 0.5) is 26.3 Å². The van der Waals surface area contributed by atoms with Gasteiger partial charge in [-0.25, -0.2) is 9.97 Å². The zero-order valence-electron chi connectivity index (χ0n) is 12.0. The second kappa shape index (κ2) is 8.29. The van der Waals surface area contributed by atoms with Gasteiger partial charge in [0.1, 0.15) is 15.5 Å². The summed E-state index contributed by atoms with van der Waals surface area (Å²) in [6.45, 7) is 0. The Morgan fingerprint density at radius 1 is 0.720 bits per heavy atom. The van der Waals surface area contributed by atoms with Crippen LogP contribution in [-0.4, -0.2) is 17.1 Å². The molecule has 0 atom stereocenters. The van der Waals surface area contributed by atoms with Crippen LogP contribution in [0, 0.1) is 0 Å². The average molecular weight is 428 g/mol. The summed E-state index contributed by atoms with van der Waals surface area (Å²) in [6, 6.07) is 2.96. The highest BCUT2D eigenvalue weighted by Gasteiger charge is 2.32. The molecule has 0 bridgehead atoms. The first-order chi connectivity index (χ1) is 11.3. The Balaban J connectivity index is 0.000000251. The van der Waals surface area contributed by atoms with Crippen molar-refractivity contribution in [1.29, 1.82) is 0 Å². The third kappa shape index (κ3) is 7.13. The van der Waals surface area contributed by atoms with Gasteiger partial charge in [0.05, 0.1) is 18.2 Å². The number of ether oxygens (including phenoxy) is 1. The molecule has 2 aromatic heterocycles. The van der Waals surface area contributed by atoms with Crippen molar-refractivity contribution in [2.45, 2.75) is 12.4 Å². The molecule has 0 aliphatic heterocycles. The molecule has 12 heteroatoms. The van der Waals surface area contributed by atoms with Crippen LogP contribution in [0.1, 0.15) is 11.1 Å². The molecule has 0 aromatic carbocycles. The molecule has 0 aliphatic carbocycles. The molecule has 3 nitrogen and oxygen atoms in total. The van der Waals surface area contributed by atoms with Crippen molar-refractivity contribution >= 4 is 34.8 Å². The van der Waals surface area contributed by atoms with Crippen molar-refractivity contribution in [2.75, 3.05) is 7.11 Å². The molecule has 0 N–H and O–H groups in total. The van der Waals surface area contributed by atoms with E-state index >= 15 is 0 Å². The third-order valence-corrected chi connectivity index (χ3v) is 2.98. The molecule has 138 valence electrons. The summed E-state index contributed by atoms with van der Waals surface area (Å²) >= 11 is 15.9. The van der Waals surface area contributed by atoms with Crippen LogP contribution in [0.5, 0.6) is 5.88 Å². The number of alkyl halides is 6. The molecule has 0 saturated carbocycles. The van der Waals surface area contributed by atoms with Crippen molar-refractivity contribution in [2.24, 2.45) is 0 Å². The Labute approximate surface area is 152 Å². The van der Waals surface area contributed by atoms with Gasteiger partial charge in [0, 0.05) is 6.07 Å². The van der Waals surface area contributed by atoms with Gasteiger partial charge in [0.15, 0.2) is 0 Å². The maximum atomic E-state index is 12.1. The van der Waals surface area contributed by atoms with Crippen LogP contribution in [-0.2, 0) is 12.4 Å². The fraction of sp³-hybridized carbons (Fsp3) is 0.231. The van der Waals surface area contributed by atoms with E-state index in [0.29, 0.717) is 12.1 Å². The normalized spacial score (nSPS) is 11.6. The van der Waals surface area contributed by atoms with E-state index in [1.807, 2.05) is 0 Å². The Morgan fingerprint density at radius 2 is 1.08 bits per heavy atom. The Morgan fingerprint density at radius 3 is 1.44 bits per heavy atom. The van der Waals surface area contributed by atoms with Crippen LogP contribution in [0.15, 0.2) is 24.3 Å². The first-order valence-corrected chi connectivity index (χ1v) is 7.15. The van der Waals surface area contributed by atoms with Crippen LogP contribution in [0.2, 0.25) is 15.5 Å². The quantitative estimate of drug-likeness (QED) is 0.403. The zero-order valence-corrected chi connectivity index (χ0v) is 14.3. The van der Waals surface area contributed by atoms with Gasteiger partial charge in [-0.1, -0.05) is 34.8 Å². The minimum absolute atomic E-state index is 0.153. The second-order valence-corrected chi connectivity index (χ2v) is 5.38. The van der Waals surface area contributed by atoms with Crippen LogP contribution in [0.25, 0.3) is 0 Å². The predicted octanol–water partition coefficient (Wildman–Crippen LogP) is 6.17.